The topological polar surface area (TPSA) is 59.8 Å². The summed E-state index contributed by atoms with van der Waals surface area (Å²) in [7, 11) is 1.58. The smallest absolute Gasteiger partial charge is 0.290 e. The van der Waals surface area contributed by atoms with Gasteiger partial charge in [-0.05, 0) is 13.8 Å². The molecule has 5 nitrogen and oxygen atoms in total. The first kappa shape index (κ1) is 11.7. The lowest BCUT2D eigenvalue weighted by molar-refractivity contribution is 0.0952. The second-order valence-electron chi connectivity index (χ2n) is 4.07. The number of amides is 1. The summed E-state index contributed by atoms with van der Waals surface area (Å²) in [4.78, 5) is 15.6. The molecule has 0 aromatic carbocycles. The number of hydrogen-bond donors (Lipinski definition) is 1. The van der Waals surface area contributed by atoms with Gasteiger partial charge in [-0.2, -0.15) is 0 Å². The van der Waals surface area contributed by atoms with Crippen molar-refractivity contribution in [2.75, 3.05) is 7.05 Å². The lowest BCUT2D eigenvalue weighted by Gasteiger charge is -2.10. The van der Waals surface area contributed by atoms with Crippen LogP contribution in [0.5, 0.6) is 0 Å². The van der Waals surface area contributed by atoms with Crippen molar-refractivity contribution in [3.8, 4) is 0 Å². The number of rotatable bonds is 3. The number of aromatic nitrogens is 3. The fraction of sp³-hybridized carbons (Fsp3) is 0.700. The maximum Gasteiger partial charge on any atom is 0.290 e. The van der Waals surface area contributed by atoms with Crippen LogP contribution in [0.2, 0.25) is 0 Å². The van der Waals surface area contributed by atoms with E-state index >= 15 is 0 Å². The highest BCUT2D eigenvalue weighted by Crippen LogP contribution is 2.16. The number of carbonyl (C=O) groups is 1. The van der Waals surface area contributed by atoms with Gasteiger partial charge in [-0.1, -0.05) is 13.8 Å². The third-order valence-corrected chi connectivity index (χ3v) is 2.09. The molecule has 1 heterocycles. The molecule has 0 unspecified atom stereocenters. The van der Waals surface area contributed by atoms with Crippen LogP contribution in [0.15, 0.2) is 0 Å². The molecule has 0 saturated heterocycles. The molecular weight excluding hydrogens is 192 g/mol. The lowest BCUT2D eigenvalue weighted by Crippen LogP contribution is -2.19. The first-order valence-corrected chi connectivity index (χ1v) is 5.15. The van der Waals surface area contributed by atoms with Gasteiger partial charge in [0.2, 0.25) is 5.82 Å². The van der Waals surface area contributed by atoms with Crippen LogP contribution in [0.25, 0.3) is 0 Å². The standard InChI is InChI=1S/C10H18N4O/c1-6(2)9-12-8(10(15)11-5)13-14(9)7(3)4/h6-7H,1-5H3,(H,11,15). The largest absolute Gasteiger partial charge is 0.352 e. The predicted octanol–water partition coefficient (Wildman–Crippen LogP) is 1.34. The molecule has 0 aliphatic rings. The van der Waals surface area contributed by atoms with Crippen molar-refractivity contribution in [1.82, 2.24) is 20.1 Å². The van der Waals surface area contributed by atoms with E-state index in [1.165, 1.54) is 0 Å². The van der Waals surface area contributed by atoms with Gasteiger partial charge >= 0.3 is 0 Å². The van der Waals surface area contributed by atoms with Gasteiger partial charge in [-0.15, -0.1) is 5.10 Å². The van der Waals surface area contributed by atoms with E-state index < -0.39 is 0 Å². The molecule has 1 aromatic heterocycles. The van der Waals surface area contributed by atoms with E-state index in [2.05, 4.69) is 15.4 Å². The molecule has 0 aliphatic heterocycles. The van der Waals surface area contributed by atoms with Gasteiger partial charge in [0.05, 0.1) is 0 Å². The molecular formula is C10H18N4O. The van der Waals surface area contributed by atoms with Gasteiger partial charge < -0.3 is 5.32 Å². The van der Waals surface area contributed by atoms with Crippen molar-refractivity contribution in [2.24, 2.45) is 0 Å². The minimum absolute atomic E-state index is 0.216. The second-order valence-corrected chi connectivity index (χ2v) is 4.07. The SMILES string of the molecule is CNC(=O)c1nc(C(C)C)n(C(C)C)n1. The highest BCUT2D eigenvalue weighted by Gasteiger charge is 2.18. The van der Waals surface area contributed by atoms with Crippen molar-refractivity contribution in [3.05, 3.63) is 11.6 Å². The Morgan fingerprint density at radius 3 is 2.27 bits per heavy atom. The Kier molecular flexibility index (Phi) is 3.44. The first-order chi connectivity index (χ1) is 6.97. The third kappa shape index (κ3) is 2.34. The van der Waals surface area contributed by atoms with E-state index in [4.69, 9.17) is 0 Å². The van der Waals surface area contributed by atoms with Gasteiger partial charge in [0.15, 0.2) is 0 Å². The summed E-state index contributed by atoms with van der Waals surface area (Å²) in [6.07, 6.45) is 0. The number of hydrogen-bond acceptors (Lipinski definition) is 3. The molecule has 5 heteroatoms. The first-order valence-electron chi connectivity index (χ1n) is 5.15. The minimum atomic E-state index is -0.240. The van der Waals surface area contributed by atoms with Crippen LogP contribution < -0.4 is 5.32 Å². The molecule has 0 spiro atoms. The fourth-order valence-electron chi connectivity index (χ4n) is 1.32. The highest BCUT2D eigenvalue weighted by molar-refractivity contribution is 5.90. The van der Waals surface area contributed by atoms with Crippen molar-refractivity contribution >= 4 is 5.91 Å². The molecule has 0 saturated carbocycles. The Hall–Kier alpha value is -1.39. The summed E-state index contributed by atoms with van der Waals surface area (Å²) in [5, 5.41) is 6.72. The van der Waals surface area contributed by atoms with Crippen LogP contribution >= 0.6 is 0 Å². The van der Waals surface area contributed by atoms with E-state index in [1.807, 2.05) is 27.7 Å². The molecule has 0 radical (unpaired) electrons. The third-order valence-electron chi connectivity index (χ3n) is 2.09. The van der Waals surface area contributed by atoms with Crippen molar-refractivity contribution in [3.63, 3.8) is 0 Å². The Morgan fingerprint density at radius 1 is 1.33 bits per heavy atom. The molecule has 1 amide bonds. The molecule has 1 aromatic rings. The van der Waals surface area contributed by atoms with Crippen LogP contribution in [0.1, 0.15) is 56.1 Å². The van der Waals surface area contributed by atoms with Crippen molar-refractivity contribution < 1.29 is 4.79 Å². The van der Waals surface area contributed by atoms with Crippen LogP contribution in [-0.2, 0) is 0 Å². The lowest BCUT2D eigenvalue weighted by atomic mass is 10.2. The molecule has 0 bridgehead atoms. The second kappa shape index (κ2) is 4.42. The predicted molar refractivity (Wildman–Crippen MR) is 57.9 cm³/mol. The zero-order chi connectivity index (χ0) is 11.6. The summed E-state index contributed by atoms with van der Waals surface area (Å²) in [5.74, 6) is 1.12. The Balaban J connectivity index is 3.15. The summed E-state index contributed by atoms with van der Waals surface area (Å²) < 4.78 is 1.80. The number of nitrogens with one attached hydrogen (secondary N) is 1. The molecule has 0 atom stereocenters. The van der Waals surface area contributed by atoms with Crippen molar-refractivity contribution in [2.45, 2.75) is 39.7 Å². The minimum Gasteiger partial charge on any atom is -0.352 e. The highest BCUT2D eigenvalue weighted by atomic mass is 16.2. The molecule has 1 N–H and O–H groups in total. The van der Waals surface area contributed by atoms with Crippen molar-refractivity contribution in [1.29, 1.82) is 0 Å². The van der Waals surface area contributed by atoms with Gasteiger partial charge in [0, 0.05) is 19.0 Å². The summed E-state index contributed by atoms with van der Waals surface area (Å²) in [6, 6.07) is 0.216. The summed E-state index contributed by atoms with van der Waals surface area (Å²) >= 11 is 0. The molecule has 0 aliphatic carbocycles. The average molecular weight is 210 g/mol. The van der Waals surface area contributed by atoms with Gasteiger partial charge in [0.1, 0.15) is 5.82 Å². The zero-order valence-corrected chi connectivity index (χ0v) is 9.90. The van der Waals surface area contributed by atoms with E-state index in [1.54, 1.807) is 11.7 Å². The molecule has 0 fully saturated rings. The van der Waals surface area contributed by atoms with E-state index in [0.29, 0.717) is 0 Å². The maximum atomic E-state index is 11.4. The molecule has 1 rings (SSSR count). The van der Waals surface area contributed by atoms with E-state index in [-0.39, 0.29) is 23.7 Å². The monoisotopic (exact) mass is 210 g/mol. The Bertz CT molecular complexity index is 329. The van der Waals surface area contributed by atoms with E-state index in [9.17, 15) is 4.79 Å². The number of nitrogens with zero attached hydrogens (tertiary/aromatic N) is 3. The molecule has 84 valence electrons. The van der Waals surface area contributed by atoms with Crippen LogP contribution in [0.4, 0.5) is 0 Å². The fourth-order valence-corrected chi connectivity index (χ4v) is 1.32. The Labute approximate surface area is 89.9 Å². The quantitative estimate of drug-likeness (QED) is 0.819. The summed E-state index contributed by atoms with van der Waals surface area (Å²) in [5.41, 5.74) is 0. The van der Waals surface area contributed by atoms with E-state index in [0.717, 1.165) is 5.82 Å². The normalized spacial score (nSPS) is 11.1. The van der Waals surface area contributed by atoms with Crippen LogP contribution in [-0.4, -0.2) is 27.7 Å². The van der Waals surface area contributed by atoms with Crippen LogP contribution in [0.3, 0.4) is 0 Å². The Morgan fingerprint density at radius 2 is 1.93 bits per heavy atom. The average Bonchev–Trinajstić information content (AvgIpc) is 2.61. The van der Waals surface area contributed by atoms with Crippen LogP contribution in [0, 0.1) is 0 Å². The van der Waals surface area contributed by atoms with Gasteiger partial charge in [-0.3, -0.25) is 4.79 Å². The molecule has 15 heavy (non-hydrogen) atoms. The summed E-state index contributed by atoms with van der Waals surface area (Å²) in [6.45, 7) is 8.12. The maximum absolute atomic E-state index is 11.4. The number of carbonyl (C=O) groups excluding carboxylic acids is 1. The van der Waals surface area contributed by atoms with Gasteiger partial charge in [0.25, 0.3) is 5.91 Å². The zero-order valence-electron chi connectivity index (χ0n) is 9.90. The van der Waals surface area contributed by atoms with Gasteiger partial charge in [-0.25, -0.2) is 9.67 Å².